The van der Waals surface area contributed by atoms with E-state index >= 15 is 0 Å². The van der Waals surface area contributed by atoms with Crippen LogP contribution in [0.1, 0.15) is 43.5 Å². The van der Waals surface area contributed by atoms with Crippen LogP contribution in [0.4, 0.5) is 0 Å². The molecule has 1 aromatic carbocycles. The van der Waals surface area contributed by atoms with E-state index in [1.807, 2.05) is 25.1 Å². The summed E-state index contributed by atoms with van der Waals surface area (Å²) in [5.74, 6) is 0.150. The van der Waals surface area contributed by atoms with Gasteiger partial charge in [0, 0.05) is 5.56 Å². The first-order valence-corrected chi connectivity index (χ1v) is 7.02. The molecule has 0 radical (unpaired) electrons. The number of ketones is 1. The van der Waals surface area contributed by atoms with Crippen LogP contribution < -0.4 is 0 Å². The molecular formula is C15H20ClNO. The minimum absolute atomic E-state index is 0.150. The second-order valence-corrected chi connectivity index (χ2v) is 5.54. The van der Waals surface area contributed by atoms with Gasteiger partial charge in [0.15, 0.2) is 5.78 Å². The van der Waals surface area contributed by atoms with Gasteiger partial charge < -0.3 is 0 Å². The molecule has 0 bridgehead atoms. The van der Waals surface area contributed by atoms with Gasteiger partial charge in [-0.1, -0.05) is 30.7 Å². The quantitative estimate of drug-likeness (QED) is 0.772. The van der Waals surface area contributed by atoms with Crippen molar-refractivity contribution in [3.05, 3.63) is 34.9 Å². The van der Waals surface area contributed by atoms with Crippen LogP contribution >= 0.6 is 11.6 Å². The van der Waals surface area contributed by atoms with Crippen LogP contribution in [0.2, 0.25) is 5.02 Å². The molecule has 0 spiro atoms. The molecule has 1 saturated heterocycles. The minimum Gasteiger partial charge on any atom is -0.292 e. The zero-order valence-electron chi connectivity index (χ0n) is 11.1. The Labute approximate surface area is 114 Å². The van der Waals surface area contributed by atoms with Gasteiger partial charge in [0.1, 0.15) is 0 Å². The Bertz CT molecular complexity index is 440. The molecule has 0 N–H and O–H groups in total. The summed E-state index contributed by atoms with van der Waals surface area (Å²) in [6.45, 7) is 6.15. The molecule has 1 aliphatic heterocycles. The number of nitrogens with zero attached hydrogens (tertiary/aromatic N) is 1. The van der Waals surface area contributed by atoms with Crippen LogP contribution in [0.5, 0.6) is 0 Å². The largest absolute Gasteiger partial charge is 0.292 e. The molecule has 1 aromatic rings. The van der Waals surface area contributed by atoms with Crippen LogP contribution in [0.15, 0.2) is 24.3 Å². The van der Waals surface area contributed by atoms with Gasteiger partial charge in [0.05, 0.1) is 10.6 Å². The third-order valence-electron chi connectivity index (χ3n) is 4.10. The highest BCUT2D eigenvalue weighted by Gasteiger charge is 2.39. The third kappa shape index (κ3) is 2.32. The van der Waals surface area contributed by atoms with Gasteiger partial charge in [-0.25, -0.2) is 0 Å². The minimum atomic E-state index is -0.415. The Hall–Kier alpha value is -0.860. The third-order valence-corrected chi connectivity index (χ3v) is 4.43. The molecule has 1 atom stereocenters. The van der Waals surface area contributed by atoms with E-state index < -0.39 is 5.54 Å². The fraction of sp³-hybridized carbons (Fsp3) is 0.533. The van der Waals surface area contributed by atoms with Crippen LogP contribution in [-0.4, -0.2) is 29.3 Å². The normalized spacial score (nSPS) is 19.7. The van der Waals surface area contributed by atoms with Gasteiger partial charge in [-0.15, -0.1) is 0 Å². The van der Waals surface area contributed by atoms with Crippen molar-refractivity contribution in [3.8, 4) is 0 Å². The Morgan fingerprint density at radius 2 is 1.94 bits per heavy atom. The average molecular weight is 266 g/mol. The van der Waals surface area contributed by atoms with Gasteiger partial charge in [-0.05, 0) is 51.4 Å². The number of halogens is 1. The number of likely N-dealkylation sites (tertiary alicyclic amines) is 1. The lowest BCUT2D eigenvalue weighted by Gasteiger charge is -2.36. The van der Waals surface area contributed by atoms with Crippen molar-refractivity contribution in [2.45, 2.75) is 38.6 Å². The van der Waals surface area contributed by atoms with Crippen molar-refractivity contribution in [2.24, 2.45) is 0 Å². The monoisotopic (exact) mass is 265 g/mol. The molecule has 1 heterocycles. The van der Waals surface area contributed by atoms with Gasteiger partial charge >= 0.3 is 0 Å². The first-order valence-electron chi connectivity index (χ1n) is 6.64. The molecule has 0 saturated carbocycles. The SMILES string of the molecule is CCC(C)(C(=O)c1ccccc1Cl)N1CCCC1. The Morgan fingerprint density at radius 1 is 1.33 bits per heavy atom. The summed E-state index contributed by atoms with van der Waals surface area (Å²) >= 11 is 6.15. The summed E-state index contributed by atoms with van der Waals surface area (Å²) in [6, 6.07) is 7.35. The lowest BCUT2D eigenvalue weighted by Crippen LogP contribution is -2.50. The number of Topliss-reactive ketones (excluding diaryl/α,β-unsaturated/α-hetero) is 1. The zero-order chi connectivity index (χ0) is 13.2. The molecule has 1 aliphatic rings. The lowest BCUT2D eigenvalue weighted by atomic mass is 9.87. The maximum Gasteiger partial charge on any atom is 0.184 e. The molecule has 2 rings (SSSR count). The van der Waals surface area contributed by atoms with Crippen molar-refractivity contribution in [1.29, 1.82) is 0 Å². The van der Waals surface area contributed by atoms with E-state index in [1.165, 1.54) is 12.8 Å². The highest BCUT2D eigenvalue weighted by Crippen LogP contribution is 2.30. The van der Waals surface area contributed by atoms with E-state index in [0.717, 1.165) is 19.5 Å². The number of rotatable bonds is 4. The number of carbonyl (C=O) groups is 1. The Balaban J connectivity index is 2.32. The summed E-state index contributed by atoms with van der Waals surface area (Å²) in [5.41, 5.74) is 0.233. The fourth-order valence-corrected chi connectivity index (χ4v) is 2.90. The van der Waals surface area contributed by atoms with Gasteiger partial charge in [0.25, 0.3) is 0 Å². The van der Waals surface area contributed by atoms with Gasteiger partial charge in [-0.2, -0.15) is 0 Å². The van der Waals surface area contributed by atoms with Crippen molar-refractivity contribution in [1.82, 2.24) is 4.90 Å². The van der Waals surface area contributed by atoms with Crippen LogP contribution in [0, 0.1) is 0 Å². The van der Waals surface area contributed by atoms with Crippen molar-refractivity contribution >= 4 is 17.4 Å². The van der Waals surface area contributed by atoms with E-state index in [9.17, 15) is 4.79 Å². The molecular weight excluding hydrogens is 246 g/mol. The summed E-state index contributed by atoms with van der Waals surface area (Å²) in [7, 11) is 0. The summed E-state index contributed by atoms with van der Waals surface area (Å²) in [6.07, 6.45) is 3.19. The van der Waals surface area contributed by atoms with E-state index in [0.29, 0.717) is 10.6 Å². The standard InChI is InChI=1S/C15H20ClNO/c1-3-15(2,17-10-6-7-11-17)14(18)12-8-4-5-9-13(12)16/h4-5,8-9H,3,6-7,10-11H2,1-2H3. The number of carbonyl (C=O) groups excluding carboxylic acids is 1. The highest BCUT2D eigenvalue weighted by molar-refractivity contribution is 6.34. The Morgan fingerprint density at radius 3 is 2.50 bits per heavy atom. The molecule has 1 unspecified atom stereocenters. The van der Waals surface area contributed by atoms with Crippen LogP contribution in [-0.2, 0) is 0 Å². The number of benzene rings is 1. The smallest absolute Gasteiger partial charge is 0.184 e. The van der Waals surface area contributed by atoms with E-state index in [4.69, 9.17) is 11.6 Å². The summed E-state index contributed by atoms with van der Waals surface area (Å²) in [4.78, 5) is 15.1. The molecule has 2 nitrogen and oxygen atoms in total. The molecule has 3 heteroatoms. The predicted molar refractivity (Wildman–Crippen MR) is 75.3 cm³/mol. The Kier molecular flexibility index (Phi) is 4.08. The summed E-state index contributed by atoms with van der Waals surface area (Å²) in [5, 5.41) is 0.557. The van der Waals surface area contributed by atoms with Crippen molar-refractivity contribution in [3.63, 3.8) is 0 Å². The van der Waals surface area contributed by atoms with Gasteiger partial charge in [0.2, 0.25) is 0 Å². The van der Waals surface area contributed by atoms with E-state index in [1.54, 1.807) is 6.07 Å². The highest BCUT2D eigenvalue weighted by atomic mass is 35.5. The van der Waals surface area contributed by atoms with Crippen molar-refractivity contribution < 1.29 is 4.79 Å². The first kappa shape index (κ1) is 13.6. The maximum absolute atomic E-state index is 12.8. The molecule has 0 amide bonds. The summed E-state index contributed by atoms with van der Waals surface area (Å²) < 4.78 is 0. The molecule has 98 valence electrons. The van der Waals surface area contributed by atoms with E-state index in [2.05, 4.69) is 11.8 Å². The molecule has 1 fully saturated rings. The predicted octanol–water partition coefficient (Wildman–Crippen LogP) is 3.79. The van der Waals surface area contributed by atoms with E-state index in [-0.39, 0.29) is 5.78 Å². The topological polar surface area (TPSA) is 20.3 Å². The lowest BCUT2D eigenvalue weighted by molar-refractivity contribution is 0.0648. The molecule has 0 aliphatic carbocycles. The maximum atomic E-state index is 12.8. The van der Waals surface area contributed by atoms with Crippen LogP contribution in [0.3, 0.4) is 0 Å². The molecule has 18 heavy (non-hydrogen) atoms. The average Bonchev–Trinajstić information content (AvgIpc) is 2.92. The number of hydrogen-bond donors (Lipinski definition) is 0. The second-order valence-electron chi connectivity index (χ2n) is 5.13. The zero-order valence-corrected chi connectivity index (χ0v) is 11.8. The molecule has 0 aromatic heterocycles. The van der Waals surface area contributed by atoms with Gasteiger partial charge in [-0.3, -0.25) is 9.69 Å². The van der Waals surface area contributed by atoms with Crippen molar-refractivity contribution in [2.75, 3.05) is 13.1 Å². The first-order chi connectivity index (χ1) is 8.59. The second kappa shape index (κ2) is 5.41. The van der Waals surface area contributed by atoms with Crippen LogP contribution in [0.25, 0.3) is 0 Å². The fourth-order valence-electron chi connectivity index (χ4n) is 2.67. The number of hydrogen-bond acceptors (Lipinski definition) is 2.